The predicted octanol–water partition coefficient (Wildman–Crippen LogP) is 1.79. The van der Waals surface area contributed by atoms with E-state index >= 15 is 0 Å². The van der Waals surface area contributed by atoms with Gasteiger partial charge < -0.3 is 15.0 Å². The van der Waals surface area contributed by atoms with Crippen LogP contribution < -0.4 is 10.2 Å². The summed E-state index contributed by atoms with van der Waals surface area (Å²) in [4.78, 5) is 24.6. The summed E-state index contributed by atoms with van der Waals surface area (Å²) in [6.07, 6.45) is -0.574. The van der Waals surface area contributed by atoms with Gasteiger partial charge in [0.1, 0.15) is 6.54 Å². The number of carbonyl (C=O) groups is 2. The summed E-state index contributed by atoms with van der Waals surface area (Å²) in [5.74, 6) is -0.170. The average molecular weight is 250 g/mol. The van der Waals surface area contributed by atoms with Crippen molar-refractivity contribution in [3.8, 4) is 0 Å². The van der Waals surface area contributed by atoms with Gasteiger partial charge in [0.25, 0.3) is 0 Å². The highest BCUT2D eigenvalue weighted by atomic mass is 16.5. The highest BCUT2D eigenvalue weighted by Gasteiger charge is 2.14. The largest absolute Gasteiger partial charge is 0.450 e. The molecular formula is C13H18N2O3. The van der Waals surface area contributed by atoms with E-state index in [0.717, 1.165) is 5.69 Å². The summed E-state index contributed by atoms with van der Waals surface area (Å²) < 4.78 is 4.69. The summed E-state index contributed by atoms with van der Waals surface area (Å²) in [5, 5.41) is 2.42. The third-order valence-electron chi connectivity index (χ3n) is 2.34. The lowest BCUT2D eigenvalue weighted by Gasteiger charge is -2.21. The Morgan fingerprint density at radius 2 is 1.89 bits per heavy atom. The number of ether oxygens (including phenoxy) is 1. The van der Waals surface area contributed by atoms with Crippen molar-refractivity contribution >= 4 is 17.7 Å². The van der Waals surface area contributed by atoms with Crippen LogP contribution in [0.15, 0.2) is 30.3 Å². The molecule has 0 aliphatic rings. The lowest BCUT2D eigenvalue weighted by atomic mass is 10.3. The summed E-state index contributed by atoms with van der Waals surface area (Å²) in [6, 6.07) is 9.32. The van der Waals surface area contributed by atoms with Gasteiger partial charge in [0.05, 0.1) is 6.61 Å². The third-order valence-corrected chi connectivity index (χ3v) is 2.34. The van der Waals surface area contributed by atoms with Crippen LogP contribution in [0, 0.1) is 0 Å². The van der Waals surface area contributed by atoms with E-state index in [1.165, 1.54) is 0 Å². The Labute approximate surface area is 107 Å². The topological polar surface area (TPSA) is 58.6 Å². The van der Waals surface area contributed by atoms with Gasteiger partial charge >= 0.3 is 6.09 Å². The van der Waals surface area contributed by atoms with Crippen LogP contribution in [-0.2, 0) is 9.53 Å². The van der Waals surface area contributed by atoms with Gasteiger partial charge in [-0.3, -0.25) is 4.79 Å². The molecule has 1 aromatic rings. The second kappa shape index (κ2) is 7.32. The van der Waals surface area contributed by atoms with Gasteiger partial charge in [0.15, 0.2) is 0 Å². The molecule has 1 rings (SSSR count). The predicted molar refractivity (Wildman–Crippen MR) is 69.5 cm³/mol. The maximum absolute atomic E-state index is 11.9. The normalized spacial score (nSPS) is 9.67. The molecule has 0 aliphatic carbocycles. The number of anilines is 1. The van der Waals surface area contributed by atoms with Crippen molar-refractivity contribution in [2.24, 2.45) is 0 Å². The number of hydrogen-bond donors (Lipinski definition) is 1. The smallest absolute Gasteiger partial charge is 0.407 e. The van der Waals surface area contributed by atoms with Gasteiger partial charge in [0.2, 0.25) is 5.91 Å². The second-order valence-electron chi connectivity index (χ2n) is 3.55. The number of nitrogens with zero attached hydrogens (tertiary/aromatic N) is 1. The van der Waals surface area contributed by atoms with E-state index in [4.69, 9.17) is 4.74 Å². The first-order chi connectivity index (χ1) is 8.69. The van der Waals surface area contributed by atoms with Crippen LogP contribution in [0.4, 0.5) is 10.5 Å². The molecule has 1 aromatic carbocycles. The van der Waals surface area contributed by atoms with Crippen LogP contribution >= 0.6 is 0 Å². The minimum Gasteiger partial charge on any atom is -0.450 e. The maximum atomic E-state index is 11.9. The van der Waals surface area contributed by atoms with E-state index in [1.807, 2.05) is 37.3 Å². The van der Waals surface area contributed by atoms with Crippen molar-refractivity contribution in [3.63, 3.8) is 0 Å². The number of hydrogen-bond acceptors (Lipinski definition) is 3. The fourth-order valence-corrected chi connectivity index (χ4v) is 1.54. The lowest BCUT2D eigenvalue weighted by molar-refractivity contribution is -0.117. The molecule has 98 valence electrons. The number of rotatable bonds is 5. The monoisotopic (exact) mass is 250 g/mol. The van der Waals surface area contributed by atoms with Crippen LogP contribution in [0.1, 0.15) is 13.8 Å². The minimum absolute atomic E-state index is 0.0679. The van der Waals surface area contributed by atoms with Crippen LogP contribution in [-0.4, -0.2) is 31.7 Å². The Morgan fingerprint density at radius 3 is 2.44 bits per heavy atom. The van der Waals surface area contributed by atoms with E-state index < -0.39 is 6.09 Å². The quantitative estimate of drug-likeness (QED) is 0.866. The van der Waals surface area contributed by atoms with Gasteiger partial charge in [-0.15, -0.1) is 0 Å². The number of benzene rings is 1. The molecular weight excluding hydrogens is 232 g/mol. The molecule has 0 radical (unpaired) electrons. The standard InChI is InChI=1S/C13H18N2O3/c1-3-15(11-8-6-5-7-9-11)12(16)10-14-13(17)18-4-2/h5-9H,3-4,10H2,1-2H3,(H,14,17). The zero-order valence-electron chi connectivity index (χ0n) is 10.7. The average Bonchev–Trinajstić information content (AvgIpc) is 2.39. The Balaban J connectivity index is 2.56. The van der Waals surface area contributed by atoms with Crippen LogP contribution in [0.2, 0.25) is 0 Å². The number of para-hydroxylation sites is 1. The summed E-state index contributed by atoms with van der Waals surface area (Å²) in [6.45, 7) is 4.37. The third kappa shape index (κ3) is 4.08. The molecule has 18 heavy (non-hydrogen) atoms. The Kier molecular flexibility index (Phi) is 5.70. The van der Waals surface area contributed by atoms with Crippen molar-refractivity contribution in [3.05, 3.63) is 30.3 Å². The number of likely N-dealkylation sites (N-methyl/N-ethyl adjacent to an activating group) is 1. The minimum atomic E-state index is -0.574. The number of alkyl carbamates (subject to hydrolysis) is 1. The maximum Gasteiger partial charge on any atom is 0.407 e. The molecule has 0 bridgehead atoms. The van der Waals surface area contributed by atoms with Crippen molar-refractivity contribution in [1.29, 1.82) is 0 Å². The number of carbonyl (C=O) groups excluding carboxylic acids is 2. The molecule has 2 amide bonds. The van der Waals surface area contributed by atoms with Gasteiger partial charge in [-0.25, -0.2) is 4.79 Å². The van der Waals surface area contributed by atoms with Gasteiger partial charge in [-0.1, -0.05) is 18.2 Å². The molecule has 0 heterocycles. The molecule has 5 nitrogen and oxygen atoms in total. The van der Waals surface area contributed by atoms with Crippen molar-refractivity contribution in [1.82, 2.24) is 5.32 Å². The first kappa shape index (κ1) is 14.0. The molecule has 0 fully saturated rings. The molecule has 1 N–H and O–H groups in total. The fourth-order valence-electron chi connectivity index (χ4n) is 1.54. The van der Waals surface area contributed by atoms with Crippen molar-refractivity contribution in [2.75, 3.05) is 24.6 Å². The Bertz CT molecular complexity index is 392. The SMILES string of the molecule is CCOC(=O)NCC(=O)N(CC)c1ccccc1. The fraction of sp³-hybridized carbons (Fsp3) is 0.385. The lowest BCUT2D eigenvalue weighted by Crippen LogP contribution is -2.40. The van der Waals surface area contributed by atoms with Crippen molar-refractivity contribution in [2.45, 2.75) is 13.8 Å². The van der Waals surface area contributed by atoms with E-state index in [9.17, 15) is 9.59 Å². The van der Waals surface area contributed by atoms with Gasteiger partial charge in [-0.05, 0) is 26.0 Å². The first-order valence-electron chi connectivity index (χ1n) is 5.95. The molecule has 0 spiro atoms. The molecule has 0 atom stereocenters. The van der Waals surface area contributed by atoms with E-state index in [1.54, 1.807) is 11.8 Å². The van der Waals surface area contributed by atoms with E-state index in [2.05, 4.69) is 5.32 Å². The summed E-state index contributed by atoms with van der Waals surface area (Å²) in [5.41, 5.74) is 0.815. The molecule has 0 unspecified atom stereocenters. The van der Waals surface area contributed by atoms with E-state index in [-0.39, 0.29) is 19.1 Å². The molecule has 5 heteroatoms. The van der Waals surface area contributed by atoms with Crippen LogP contribution in [0.25, 0.3) is 0 Å². The van der Waals surface area contributed by atoms with Crippen LogP contribution in [0.5, 0.6) is 0 Å². The van der Waals surface area contributed by atoms with Crippen molar-refractivity contribution < 1.29 is 14.3 Å². The van der Waals surface area contributed by atoms with Gasteiger partial charge in [0, 0.05) is 12.2 Å². The van der Waals surface area contributed by atoms with Crippen LogP contribution in [0.3, 0.4) is 0 Å². The Morgan fingerprint density at radius 1 is 1.22 bits per heavy atom. The highest BCUT2D eigenvalue weighted by molar-refractivity contribution is 5.96. The Hall–Kier alpha value is -2.04. The zero-order chi connectivity index (χ0) is 13.4. The summed E-state index contributed by atoms with van der Waals surface area (Å²) >= 11 is 0. The molecule has 0 saturated carbocycles. The number of amides is 2. The summed E-state index contributed by atoms with van der Waals surface area (Å²) in [7, 11) is 0. The molecule has 0 saturated heterocycles. The molecule has 0 aromatic heterocycles. The number of nitrogens with one attached hydrogen (secondary N) is 1. The second-order valence-corrected chi connectivity index (χ2v) is 3.55. The van der Waals surface area contributed by atoms with E-state index in [0.29, 0.717) is 6.54 Å². The first-order valence-corrected chi connectivity index (χ1v) is 5.95. The highest BCUT2D eigenvalue weighted by Crippen LogP contribution is 2.12. The zero-order valence-corrected chi connectivity index (χ0v) is 10.7. The van der Waals surface area contributed by atoms with Gasteiger partial charge in [-0.2, -0.15) is 0 Å². The molecule has 0 aliphatic heterocycles.